The third kappa shape index (κ3) is 2.98. The van der Waals surface area contributed by atoms with Gasteiger partial charge in [-0.1, -0.05) is 13.8 Å². The summed E-state index contributed by atoms with van der Waals surface area (Å²) in [5.41, 5.74) is 0.624. The van der Waals surface area contributed by atoms with Gasteiger partial charge in [0.2, 0.25) is 0 Å². The van der Waals surface area contributed by atoms with E-state index in [0.29, 0.717) is 11.5 Å². The van der Waals surface area contributed by atoms with Crippen LogP contribution < -0.4 is 5.32 Å². The SMILES string of the molecule is CCN1CCCC(CNC(C)C2(C)CC2)C1. The topological polar surface area (TPSA) is 15.3 Å². The van der Waals surface area contributed by atoms with E-state index in [2.05, 4.69) is 31.0 Å². The van der Waals surface area contributed by atoms with Crippen LogP contribution in [-0.2, 0) is 0 Å². The van der Waals surface area contributed by atoms with E-state index < -0.39 is 0 Å². The maximum atomic E-state index is 3.77. The lowest BCUT2D eigenvalue weighted by Gasteiger charge is -2.33. The standard InChI is InChI=1S/C14H28N2/c1-4-16-9-5-6-13(11-16)10-15-12(2)14(3)7-8-14/h12-13,15H,4-11H2,1-3H3. The quantitative estimate of drug-likeness (QED) is 0.772. The number of hydrogen-bond acceptors (Lipinski definition) is 2. The number of hydrogen-bond donors (Lipinski definition) is 1. The summed E-state index contributed by atoms with van der Waals surface area (Å²) >= 11 is 0. The molecule has 0 aromatic rings. The van der Waals surface area contributed by atoms with Crippen molar-refractivity contribution in [2.24, 2.45) is 11.3 Å². The summed E-state index contributed by atoms with van der Waals surface area (Å²) in [5, 5.41) is 3.77. The Morgan fingerprint density at radius 1 is 1.44 bits per heavy atom. The molecule has 2 unspecified atom stereocenters. The average molecular weight is 224 g/mol. The zero-order valence-electron chi connectivity index (χ0n) is 11.3. The summed E-state index contributed by atoms with van der Waals surface area (Å²) in [6.45, 7) is 12.2. The van der Waals surface area contributed by atoms with Crippen LogP contribution in [0.5, 0.6) is 0 Å². The van der Waals surface area contributed by atoms with E-state index in [1.807, 2.05) is 0 Å². The van der Waals surface area contributed by atoms with E-state index in [1.165, 1.54) is 51.9 Å². The fourth-order valence-corrected chi connectivity index (χ4v) is 2.83. The first-order valence-corrected chi connectivity index (χ1v) is 7.10. The maximum absolute atomic E-state index is 3.77. The predicted octanol–water partition coefficient (Wildman–Crippen LogP) is 2.50. The molecule has 2 atom stereocenters. The summed E-state index contributed by atoms with van der Waals surface area (Å²) in [5.74, 6) is 0.887. The molecule has 0 spiro atoms. The highest BCUT2D eigenvalue weighted by atomic mass is 15.1. The normalized spacial score (nSPS) is 31.3. The van der Waals surface area contributed by atoms with Gasteiger partial charge in [0.15, 0.2) is 0 Å². The average Bonchev–Trinajstić information content (AvgIpc) is 3.06. The number of nitrogens with one attached hydrogen (secondary N) is 1. The first-order valence-electron chi connectivity index (χ1n) is 7.10. The van der Waals surface area contributed by atoms with Crippen molar-refractivity contribution in [3.8, 4) is 0 Å². The molecule has 0 amide bonds. The van der Waals surface area contributed by atoms with E-state index in [1.54, 1.807) is 0 Å². The van der Waals surface area contributed by atoms with Crippen molar-refractivity contribution in [3.63, 3.8) is 0 Å². The van der Waals surface area contributed by atoms with Crippen molar-refractivity contribution in [1.82, 2.24) is 10.2 Å². The Hall–Kier alpha value is -0.0800. The molecule has 0 aromatic heterocycles. The van der Waals surface area contributed by atoms with Gasteiger partial charge in [0, 0.05) is 12.6 Å². The summed E-state index contributed by atoms with van der Waals surface area (Å²) < 4.78 is 0. The molecule has 2 rings (SSSR count). The molecule has 1 aliphatic heterocycles. The van der Waals surface area contributed by atoms with Gasteiger partial charge in [0.05, 0.1) is 0 Å². The molecule has 0 radical (unpaired) electrons. The van der Waals surface area contributed by atoms with Crippen LogP contribution in [-0.4, -0.2) is 37.1 Å². The van der Waals surface area contributed by atoms with Crippen molar-refractivity contribution >= 4 is 0 Å². The van der Waals surface area contributed by atoms with Crippen LogP contribution in [0.25, 0.3) is 0 Å². The Labute approximate surface area is 101 Å². The Bertz CT molecular complexity index is 223. The zero-order chi connectivity index (χ0) is 11.6. The smallest absolute Gasteiger partial charge is 0.00926 e. The molecule has 1 saturated heterocycles. The second-order valence-corrected chi connectivity index (χ2v) is 6.19. The van der Waals surface area contributed by atoms with Crippen LogP contribution in [0, 0.1) is 11.3 Å². The third-order valence-electron chi connectivity index (χ3n) is 4.85. The van der Waals surface area contributed by atoms with Gasteiger partial charge in [-0.3, -0.25) is 0 Å². The van der Waals surface area contributed by atoms with E-state index in [4.69, 9.17) is 0 Å². The molecule has 2 fully saturated rings. The van der Waals surface area contributed by atoms with Crippen molar-refractivity contribution in [2.45, 2.75) is 52.5 Å². The minimum absolute atomic E-state index is 0.624. The predicted molar refractivity (Wildman–Crippen MR) is 69.6 cm³/mol. The molecule has 0 bridgehead atoms. The van der Waals surface area contributed by atoms with E-state index in [-0.39, 0.29) is 0 Å². The van der Waals surface area contributed by atoms with Crippen molar-refractivity contribution in [3.05, 3.63) is 0 Å². The molecular weight excluding hydrogens is 196 g/mol. The Morgan fingerprint density at radius 3 is 2.81 bits per heavy atom. The molecule has 1 saturated carbocycles. The first kappa shape index (κ1) is 12.4. The molecule has 2 nitrogen and oxygen atoms in total. The number of piperidine rings is 1. The van der Waals surface area contributed by atoms with Gasteiger partial charge in [0.25, 0.3) is 0 Å². The fourth-order valence-electron chi connectivity index (χ4n) is 2.83. The molecule has 1 heterocycles. The van der Waals surface area contributed by atoms with Gasteiger partial charge in [-0.25, -0.2) is 0 Å². The Morgan fingerprint density at radius 2 is 2.19 bits per heavy atom. The lowest BCUT2D eigenvalue weighted by atomic mass is 9.96. The van der Waals surface area contributed by atoms with Crippen LogP contribution in [0.1, 0.15) is 46.5 Å². The molecule has 94 valence electrons. The third-order valence-corrected chi connectivity index (χ3v) is 4.85. The molecular formula is C14H28N2. The largest absolute Gasteiger partial charge is 0.313 e. The molecule has 2 heteroatoms. The van der Waals surface area contributed by atoms with Crippen molar-refractivity contribution < 1.29 is 0 Å². The van der Waals surface area contributed by atoms with E-state index in [0.717, 1.165) is 5.92 Å². The van der Waals surface area contributed by atoms with Gasteiger partial charge >= 0.3 is 0 Å². The van der Waals surface area contributed by atoms with Crippen LogP contribution in [0.4, 0.5) is 0 Å². The Balaban J connectivity index is 1.69. The zero-order valence-corrected chi connectivity index (χ0v) is 11.3. The second-order valence-electron chi connectivity index (χ2n) is 6.19. The van der Waals surface area contributed by atoms with Gasteiger partial charge in [-0.2, -0.15) is 0 Å². The summed E-state index contributed by atoms with van der Waals surface area (Å²) in [6, 6.07) is 0.713. The van der Waals surface area contributed by atoms with Crippen LogP contribution in [0.3, 0.4) is 0 Å². The number of nitrogens with zero attached hydrogens (tertiary/aromatic N) is 1. The highest BCUT2D eigenvalue weighted by molar-refractivity contribution is 4.96. The van der Waals surface area contributed by atoms with Gasteiger partial charge in [0.1, 0.15) is 0 Å². The van der Waals surface area contributed by atoms with Crippen LogP contribution >= 0.6 is 0 Å². The maximum Gasteiger partial charge on any atom is 0.00926 e. The molecule has 1 aliphatic carbocycles. The minimum atomic E-state index is 0.624. The monoisotopic (exact) mass is 224 g/mol. The Kier molecular flexibility index (Phi) is 3.91. The lowest BCUT2D eigenvalue weighted by molar-refractivity contribution is 0.174. The van der Waals surface area contributed by atoms with Gasteiger partial charge < -0.3 is 10.2 Å². The summed E-state index contributed by atoms with van der Waals surface area (Å²) in [6.07, 6.45) is 5.67. The first-order chi connectivity index (χ1) is 7.64. The molecule has 2 aliphatic rings. The highest BCUT2D eigenvalue weighted by Gasteiger charge is 2.42. The number of likely N-dealkylation sites (tertiary alicyclic amines) is 1. The molecule has 16 heavy (non-hydrogen) atoms. The lowest BCUT2D eigenvalue weighted by Crippen LogP contribution is -2.43. The minimum Gasteiger partial charge on any atom is -0.313 e. The van der Waals surface area contributed by atoms with Crippen molar-refractivity contribution in [2.75, 3.05) is 26.2 Å². The second kappa shape index (κ2) is 5.05. The van der Waals surface area contributed by atoms with Gasteiger partial charge in [-0.05, 0) is 63.6 Å². The summed E-state index contributed by atoms with van der Waals surface area (Å²) in [7, 11) is 0. The highest BCUT2D eigenvalue weighted by Crippen LogP contribution is 2.47. The van der Waals surface area contributed by atoms with Gasteiger partial charge in [-0.15, -0.1) is 0 Å². The van der Waals surface area contributed by atoms with Crippen molar-refractivity contribution in [1.29, 1.82) is 0 Å². The van der Waals surface area contributed by atoms with E-state index >= 15 is 0 Å². The molecule has 0 aromatic carbocycles. The van der Waals surface area contributed by atoms with Crippen LogP contribution in [0.15, 0.2) is 0 Å². The van der Waals surface area contributed by atoms with E-state index in [9.17, 15) is 0 Å². The summed E-state index contributed by atoms with van der Waals surface area (Å²) in [4.78, 5) is 2.60. The fraction of sp³-hybridized carbons (Fsp3) is 1.00. The van der Waals surface area contributed by atoms with Crippen LogP contribution in [0.2, 0.25) is 0 Å². The number of rotatable bonds is 5. The molecule has 1 N–H and O–H groups in total.